The fourth-order valence-electron chi connectivity index (χ4n) is 1.67. The minimum absolute atomic E-state index is 0.351. The van der Waals surface area contributed by atoms with Crippen molar-refractivity contribution in [2.24, 2.45) is 5.92 Å². The van der Waals surface area contributed by atoms with Crippen LogP contribution in [-0.4, -0.2) is 25.9 Å². The van der Waals surface area contributed by atoms with Crippen molar-refractivity contribution in [1.82, 2.24) is 0 Å². The maximum Gasteiger partial charge on any atom is 0.0836 e. The molecule has 0 aliphatic heterocycles. The molecule has 0 amide bonds. The predicted octanol–water partition coefficient (Wildman–Crippen LogP) is 2.23. The molecule has 1 rings (SSSR count). The molecule has 1 saturated carbocycles. The molecule has 0 aromatic carbocycles. The van der Waals surface area contributed by atoms with E-state index in [1.807, 2.05) is 0 Å². The van der Waals surface area contributed by atoms with Crippen molar-refractivity contribution in [2.75, 3.05) is 13.7 Å². The summed E-state index contributed by atoms with van der Waals surface area (Å²) < 4.78 is 11.1. The lowest BCUT2D eigenvalue weighted by molar-refractivity contribution is -0.0460. The van der Waals surface area contributed by atoms with Crippen molar-refractivity contribution in [1.29, 1.82) is 0 Å². The molecular formula is C10H20O2. The van der Waals surface area contributed by atoms with E-state index >= 15 is 0 Å². The van der Waals surface area contributed by atoms with Gasteiger partial charge in [0.1, 0.15) is 0 Å². The summed E-state index contributed by atoms with van der Waals surface area (Å²) in [4.78, 5) is 0. The number of methoxy groups -OCH3 is 1. The highest BCUT2D eigenvalue weighted by molar-refractivity contribution is 4.78. The van der Waals surface area contributed by atoms with E-state index < -0.39 is 0 Å². The Morgan fingerprint density at radius 2 is 1.92 bits per heavy atom. The first kappa shape index (κ1) is 10.0. The number of hydrogen-bond donors (Lipinski definition) is 0. The van der Waals surface area contributed by atoms with Crippen LogP contribution >= 0.6 is 0 Å². The van der Waals surface area contributed by atoms with Gasteiger partial charge in [-0.1, -0.05) is 13.8 Å². The molecule has 2 heteroatoms. The van der Waals surface area contributed by atoms with Gasteiger partial charge in [0.15, 0.2) is 0 Å². The van der Waals surface area contributed by atoms with Gasteiger partial charge >= 0.3 is 0 Å². The van der Waals surface area contributed by atoms with Gasteiger partial charge in [-0.15, -0.1) is 0 Å². The molecule has 2 unspecified atom stereocenters. The van der Waals surface area contributed by atoms with Gasteiger partial charge < -0.3 is 9.47 Å². The van der Waals surface area contributed by atoms with E-state index in [1.54, 1.807) is 7.11 Å². The Morgan fingerprint density at radius 1 is 1.25 bits per heavy atom. The Balaban J connectivity index is 2.21. The highest BCUT2D eigenvalue weighted by Gasteiger charge is 2.27. The average Bonchev–Trinajstić information content (AvgIpc) is 2.47. The molecule has 1 aliphatic rings. The topological polar surface area (TPSA) is 18.5 Å². The average molecular weight is 172 g/mol. The Hall–Kier alpha value is -0.0800. The predicted molar refractivity (Wildman–Crippen MR) is 49.2 cm³/mol. The van der Waals surface area contributed by atoms with E-state index in [-0.39, 0.29) is 0 Å². The second-order valence-electron chi connectivity index (χ2n) is 3.97. The van der Waals surface area contributed by atoms with Gasteiger partial charge in [0.2, 0.25) is 0 Å². The van der Waals surface area contributed by atoms with Crippen LogP contribution < -0.4 is 0 Å². The molecule has 2 nitrogen and oxygen atoms in total. The quantitative estimate of drug-likeness (QED) is 0.647. The van der Waals surface area contributed by atoms with Crippen LogP contribution in [0.3, 0.4) is 0 Å². The number of hydrogen-bond acceptors (Lipinski definition) is 2. The van der Waals surface area contributed by atoms with E-state index in [0.29, 0.717) is 18.1 Å². The van der Waals surface area contributed by atoms with Crippen molar-refractivity contribution < 1.29 is 9.47 Å². The summed E-state index contributed by atoms with van der Waals surface area (Å²) in [6, 6.07) is 0. The molecule has 0 radical (unpaired) electrons. The van der Waals surface area contributed by atoms with E-state index in [1.165, 1.54) is 19.3 Å². The molecule has 0 N–H and O–H groups in total. The minimum Gasteiger partial charge on any atom is -0.379 e. The van der Waals surface area contributed by atoms with E-state index in [4.69, 9.17) is 9.47 Å². The fraction of sp³-hybridized carbons (Fsp3) is 1.00. The molecule has 12 heavy (non-hydrogen) atoms. The van der Waals surface area contributed by atoms with Crippen molar-refractivity contribution in [3.63, 3.8) is 0 Å². The molecule has 1 fully saturated rings. The molecule has 72 valence electrons. The normalized spacial score (nSPS) is 30.0. The zero-order chi connectivity index (χ0) is 8.97. The summed E-state index contributed by atoms with van der Waals surface area (Å²) in [5, 5.41) is 0. The van der Waals surface area contributed by atoms with Gasteiger partial charge in [0.25, 0.3) is 0 Å². The van der Waals surface area contributed by atoms with Crippen molar-refractivity contribution in [2.45, 2.75) is 45.3 Å². The van der Waals surface area contributed by atoms with Crippen LogP contribution in [-0.2, 0) is 9.47 Å². The van der Waals surface area contributed by atoms with Gasteiger partial charge in [-0.25, -0.2) is 0 Å². The summed E-state index contributed by atoms with van der Waals surface area (Å²) in [5.41, 5.74) is 0. The molecule has 1 aliphatic carbocycles. The largest absolute Gasteiger partial charge is 0.379 e. The van der Waals surface area contributed by atoms with Crippen LogP contribution in [0.2, 0.25) is 0 Å². The maximum atomic E-state index is 5.74. The zero-order valence-electron chi connectivity index (χ0n) is 8.38. The maximum absolute atomic E-state index is 5.74. The number of rotatable bonds is 4. The lowest BCUT2D eigenvalue weighted by atomic mass is 10.2. The van der Waals surface area contributed by atoms with E-state index in [9.17, 15) is 0 Å². The highest BCUT2D eigenvalue weighted by Crippen LogP contribution is 2.24. The molecule has 0 bridgehead atoms. The van der Waals surface area contributed by atoms with Gasteiger partial charge in [-0.2, -0.15) is 0 Å². The fourth-order valence-corrected chi connectivity index (χ4v) is 1.67. The Bertz CT molecular complexity index is 123. The van der Waals surface area contributed by atoms with Crippen molar-refractivity contribution in [3.05, 3.63) is 0 Å². The first-order valence-corrected chi connectivity index (χ1v) is 4.88. The van der Waals surface area contributed by atoms with Crippen LogP contribution in [0.1, 0.15) is 33.1 Å². The third-order valence-electron chi connectivity index (χ3n) is 2.34. The first-order chi connectivity index (χ1) is 5.74. The molecule has 0 aromatic rings. The second kappa shape index (κ2) is 4.83. The summed E-state index contributed by atoms with van der Waals surface area (Å²) in [6.07, 6.45) is 4.30. The lowest BCUT2D eigenvalue weighted by Crippen LogP contribution is -2.26. The first-order valence-electron chi connectivity index (χ1n) is 4.88. The van der Waals surface area contributed by atoms with Crippen LogP contribution in [0, 0.1) is 5.92 Å². The molecule has 0 aromatic heterocycles. The molecule has 0 spiro atoms. The standard InChI is InChI=1S/C10H20O2/c1-8(2)7-12-10-6-4-5-9(10)11-3/h8-10H,4-7H2,1-3H3. The lowest BCUT2D eigenvalue weighted by Gasteiger charge is -2.19. The van der Waals surface area contributed by atoms with Crippen LogP contribution in [0.15, 0.2) is 0 Å². The van der Waals surface area contributed by atoms with Crippen LogP contribution in [0.25, 0.3) is 0 Å². The smallest absolute Gasteiger partial charge is 0.0836 e. The van der Waals surface area contributed by atoms with Crippen LogP contribution in [0.4, 0.5) is 0 Å². The van der Waals surface area contributed by atoms with E-state index in [0.717, 1.165) is 6.61 Å². The van der Waals surface area contributed by atoms with Crippen LogP contribution in [0.5, 0.6) is 0 Å². The minimum atomic E-state index is 0.351. The summed E-state index contributed by atoms with van der Waals surface area (Å²) in [5.74, 6) is 0.628. The van der Waals surface area contributed by atoms with Gasteiger partial charge in [-0.05, 0) is 25.2 Å². The van der Waals surface area contributed by atoms with Gasteiger partial charge in [-0.3, -0.25) is 0 Å². The highest BCUT2D eigenvalue weighted by atomic mass is 16.5. The third-order valence-corrected chi connectivity index (χ3v) is 2.34. The molecule has 2 atom stereocenters. The monoisotopic (exact) mass is 172 g/mol. The Labute approximate surface area is 75.2 Å². The zero-order valence-corrected chi connectivity index (χ0v) is 8.38. The molecule has 0 saturated heterocycles. The number of ether oxygens (including phenoxy) is 2. The second-order valence-corrected chi connectivity index (χ2v) is 3.97. The Morgan fingerprint density at radius 3 is 2.50 bits per heavy atom. The SMILES string of the molecule is COC1CCCC1OCC(C)C. The Kier molecular flexibility index (Phi) is 4.02. The van der Waals surface area contributed by atoms with Crippen molar-refractivity contribution >= 4 is 0 Å². The van der Waals surface area contributed by atoms with Gasteiger partial charge in [0.05, 0.1) is 12.2 Å². The van der Waals surface area contributed by atoms with Gasteiger partial charge in [0, 0.05) is 13.7 Å². The summed E-state index contributed by atoms with van der Waals surface area (Å²) in [7, 11) is 1.78. The van der Waals surface area contributed by atoms with E-state index in [2.05, 4.69) is 13.8 Å². The third kappa shape index (κ3) is 2.76. The molecule has 0 heterocycles. The molecular weight excluding hydrogens is 152 g/mol. The van der Waals surface area contributed by atoms with Crippen molar-refractivity contribution in [3.8, 4) is 0 Å². The summed E-state index contributed by atoms with van der Waals surface area (Å²) >= 11 is 0. The summed E-state index contributed by atoms with van der Waals surface area (Å²) in [6.45, 7) is 5.22.